The number of aryl methyl sites for hydroxylation is 1. The number of nitrogens with one attached hydrogen (secondary N) is 1. The van der Waals surface area contributed by atoms with Crippen LogP contribution in [0.15, 0.2) is 28.1 Å². The zero-order valence-corrected chi connectivity index (χ0v) is 17.8. The molecule has 0 spiro atoms. The molecule has 1 amide bonds. The molecule has 1 fully saturated rings. The molecule has 154 valence electrons. The van der Waals surface area contributed by atoms with E-state index in [-0.39, 0.29) is 11.9 Å². The van der Waals surface area contributed by atoms with Gasteiger partial charge in [-0.15, -0.1) is 11.3 Å². The van der Waals surface area contributed by atoms with E-state index in [1.54, 1.807) is 11.3 Å². The van der Waals surface area contributed by atoms with Gasteiger partial charge in [-0.05, 0) is 30.4 Å². The fourth-order valence-electron chi connectivity index (χ4n) is 3.81. The van der Waals surface area contributed by atoms with Gasteiger partial charge in [0.2, 0.25) is 0 Å². The van der Waals surface area contributed by atoms with Crippen molar-refractivity contribution in [1.29, 1.82) is 0 Å². The lowest BCUT2D eigenvalue weighted by molar-refractivity contribution is 0.00673. The van der Waals surface area contributed by atoms with E-state index in [0.717, 1.165) is 36.9 Å². The molecule has 0 saturated carbocycles. The maximum Gasteiger partial charge on any atom is 0.259 e. The van der Waals surface area contributed by atoms with Crippen LogP contribution in [0.5, 0.6) is 0 Å². The van der Waals surface area contributed by atoms with Crippen molar-refractivity contribution in [2.75, 3.05) is 32.8 Å². The van der Waals surface area contributed by atoms with Crippen molar-refractivity contribution in [2.45, 2.75) is 26.8 Å². The summed E-state index contributed by atoms with van der Waals surface area (Å²) in [6.45, 7) is 10.1. The molecular weight excluding hydrogens is 388 g/mol. The summed E-state index contributed by atoms with van der Waals surface area (Å²) in [7, 11) is 0. The van der Waals surface area contributed by atoms with E-state index in [1.807, 2.05) is 30.5 Å². The third-order valence-corrected chi connectivity index (χ3v) is 6.28. The first-order chi connectivity index (χ1) is 14.0. The van der Waals surface area contributed by atoms with Gasteiger partial charge in [-0.2, -0.15) is 0 Å². The smallest absolute Gasteiger partial charge is 0.259 e. The van der Waals surface area contributed by atoms with Gasteiger partial charge < -0.3 is 14.6 Å². The van der Waals surface area contributed by atoms with Gasteiger partial charge in [0.15, 0.2) is 0 Å². The van der Waals surface area contributed by atoms with E-state index in [4.69, 9.17) is 9.26 Å². The molecule has 0 aliphatic carbocycles. The number of hydrogen-bond acceptors (Lipinski definition) is 7. The molecule has 29 heavy (non-hydrogen) atoms. The Morgan fingerprint density at radius 3 is 2.83 bits per heavy atom. The predicted molar refractivity (Wildman–Crippen MR) is 113 cm³/mol. The first-order valence-electron chi connectivity index (χ1n) is 9.95. The highest BCUT2D eigenvalue weighted by atomic mass is 32.1. The molecule has 1 N–H and O–H groups in total. The Labute approximate surface area is 174 Å². The van der Waals surface area contributed by atoms with Gasteiger partial charge in [0, 0.05) is 25.7 Å². The normalized spacial score (nSPS) is 16.4. The van der Waals surface area contributed by atoms with E-state index < -0.39 is 0 Å². The molecule has 1 aliphatic rings. The molecule has 8 heteroatoms. The quantitative estimate of drug-likeness (QED) is 0.666. The number of amides is 1. The van der Waals surface area contributed by atoms with Crippen LogP contribution in [0.1, 0.15) is 29.9 Å². The summed E-state index contributed by atoms with van der Waals surface area (Å²) in [6.07, 6.45) is 0. The maximum absolute atomic E-state index is 13.2. The summed E-state index contributed by atoms with van der Waals surface area (Å²) in [5.41, 5.74) is 2.35. The van der Waals surface area contributed by atoms with Crippen molar-refractivity contribution < 1.29 is 14.1 Å². The molecule has 1 aliphatic heterocycles. The Bertz CT molecular complexity index is 977. The molecule has 4 rings (SSSR count). The van der Waals surface area contributed by atoms with Gasteiger partial charge in [-0.3, -0.25) is 9.69 Å². The Balaban J connectivity index is 1.59. The zero-order valence-electron chi connectivity index (χ0n) is 17.0. The van der Waals surface area contributed by atoms with E-state index >= 15 is 0 Å². The van der Waals surface area contributed by atoms with Gasteiger partial charge in [0.05, 0.1) is 40.4 Å². The Kier molecular flexibility index (Phi) is 5.94. The highest BCUT2D eigenvalue weighted by Gasteiger charge is 2.25. The number of rotatable bonds is 6. The maximum atomic E-state index is 13.2. The third kappa shape index (κ3) is 4.19. The standard InChI is InChI=1S/C21H26N4O3S/c1-13(2)17(25-6-8-27-9-7-25)12-22-20(26)15-11-16(18-5-4-10-29-18)23-21-19(15)14(3)24-28-21/h4-5,10-11,13,17H,6-9,12H2,1-3H3,(H,22,26). The molecule has 1 atom stereocenters. The molecule has 1 saturated heterocycles. The van der Waals surface area contributed by atoms with E-state index in [9.17, 15) is 4.79 Å². The summed E-state index contributed by atoms with van der Waals surface area (Å²) in [6, 6.07) is 6.05. The highest BCUT2D eigenvalue weighted by molar-refractivity contribution is 7.13. The van der Waals surface area contributed by atoms with Gasteiger partial charge >= 0.3 is 0 Å². The van der Waals surface area contributed by atoms with Gasteiger partial charge in [0.1, 0.15) is 0 Å². The molecular formula is C21H26N4O3S. The van der Waals surface area contributed by atoms with Crippen LogP contribution in [0.4, 0.5) is 0 Å². The Hall–Kier alpha value is -2.29. The van der Waals surface area contributed by atoms with Gasteiger partial charge in [-0.25, -0.2) is 4.98 Å². The zero-order chi connectivity index (χ0) is 20.4. The summed E-state index contributed by atoms with van der Waals surface area (Å²) >= 11 is 1.58. The summed E-state index contributed by atoms with van der Waals surface area (Å²) in [4.78, 5) is 21.1. The molecule has 0 radical (unpaired) electrons. The Morgan fingerprint density at radius 2 is 2.14 bits per heavy atom. The van der Waals surface area contributed by atoms with Crippen LogP contribution in [-0.2, 0) is 4.74 Å². The van der Waals surface area contributed by atoms with Crippen LogP contribution in [0, 0.1) is 12.8 Å². The second-order valence-electron chi connectivity index (χ2n) is 7.65. The largest absolute Gasteiger partial charge is 0.379 e. The Morgan fingerprint density at radius 1 is 1.34 bits per heavy atom. The van der Waals surface area contributed by atoms with E-state index in [2.05, 4.69) is 34.2 Å². The molecule has 1 unspecified atom stereocenters. The lowest BCUT2D eigenvalue weighted by atomic mass is 10.0. The van der Waals surface area contributed by atoms with Crippen molar-refractivity contribution >= 4 is 28.3 Å². The number of nitrogens with zero attached hydrogens (tertiary/aromatic N) is 3. The van der Waals surface area contributed by atoms with Crippen molar-refractivity contribution in [3.8, 4) is 10.6 Å². The molecule has 0 bridgehead atoms. The second-order valence-corrected chi connectivity index (χ2v) is 8.60. The first kappa shape index (κ1) is 20.0. The van der Waals surface area contributed by atoms with Gasteiger partial charge in [0.25, 0.3) is 11.6 Å². The average Bonchev–Trinajstić information content (AvgIpc) is 3.38. The van der Waals surface area contributed by atoms with Crippen LogP contribution >= 0.6 is 11.3 Å². The fourth-order valence-corrected chi connectivity index (χ4v) is 4.50. The number of hydrogen-bond donors (Lipinski definition) is 1. The summed E-state index contributed by atoms with van der Waals surface area (Å²) < 4.78 is 10.9. The highest BCUT2D eigenvalue weighted by Crippen LogP contribution is 2.29. The second kappa shape index (κ2) is 8.61. The van der Waals surface area contributed by atoms with Crippen molar-refractivity contribution in [2.24, 2.45) is 5.92 Å². The number of pyridine rings is 1. The SMILES string of the molecule is Cc1noc2nc(-c3cccs3)cc(C(=O)NCC(C(C)C)N3CCOCC3)c12. The monoisotopic (exact) mass is 414 g/mol. The van der Waals surface area contributed by atoms with Crippen LogP contribution in [0.2, 0.25) is 0 Å². The number of fused-ring (bicyclic) bond motifs is 1. The molecule has 0 aromatic carbocycles. The first-order valence-corrected chi connectivity index (χ1v) is 10.8. The topological polar surface area (TPSA) is 80.5 Å². The lowest BCUT2D eigenvalue weighted by Gasteiger charge is -2.36. The van der Waals surface area contributed by atoms with Crippen molar-refractivity contribution in [3.63, 3.8) is 0 Å². The number of ether oxygens (including phenoxy) is 1. The number of morpholine rings is 1. The fraction of sp³-hybridized carbons (Fsp3) is 0.476. The summed E-state index contributed by atoms with van der Waals surface area (Å²) in [5.74, 6) is 0.297. The molecule has 3 aromatic rings. The average molecular weight is 415 g/mol. The van der Waals surface area contributed by atoms with E-state index in [1.165, 1.54) is 0 Å². The van der Waals surface area contributed by atoms with Crippen LogP contribution in [0.25, 0.3) is 21.7 Å². The molecule has 3 aromatic heterocycles. The lowest BCUT2D eigenvalue weighted by Crippen LogP contribution is -2.51. The number of aromatic nitrogens is 2. The number of carbonyl (C=O) groups excluding carboxylic acids is 1. The minimum absolute atomic E-state index is 0.125. The van der Waals surface area contributed by atoms with Crippen molar-refractivity contribution in [1.82, 2.24) is 20.4 Å². The molecule has 4 heterocycles. The third-order valence-electron chi connectivity index (χ3n) is 5.39. The minimum atomic E-state index is -0.125. The van der Waals surface area contributed by atoms with Crippen LogP contribution < -0.4 is 5.32 Å². The van der Waals surface area contributed by atoms with Crippen molar-refractivity contribution in [3.05, 3.63) is 34.8 Å². The minimum Gasteiger partial charge on any atom is -0.379 e. The summed E-state index contributed by atoms with van der Waals surface area (Å²) in [5, 5.41) is 9.83. The molecule has 7 nitrogen and oxygen atoms in total. The number of thiophene rings is 1. The van der Waals surface area contributed by atoms with Crippen LogP contribution in [-0.4, -0.2) is 59.8 Å². The predicted octanol–water partition coefficient (Wildman–Crippen LogP) is 3.35. The van der Waals surface area contributed by atoms with Crippen LogP contribution in [0.3, 0.4) is 0 Å². The van der Waals surface area contributed by atoms with E-state index in [0.29, 0.717) is 34.8 Å². The van der Waals surface area contributed by atoms with Gasteiger partial charge in [-0.1, -0.05) is 25.1 Å². The number of carbonyl (C=O) groups is 1.